The first kappa shape index (κ1) is 22.0. The minimum Gasteiger partial charge on any atom is -0.369 e. The predicted molar refractivity (Wildman–Crippen MR) is 128 cm³/mol. The second-order valence-electron chi connectivity index (χ2n) is 7.90. The van der Waals surface area contributed by atoms with E-state index in [1.54, 1.807) is 24.4 Å². The average molecular weight is 452 g/mol. The number of amides is 1. The Kier molecular flexibility index (Phi) is 5.75. The van der Waals surface area contributed by atoms with E-state index in [2.05, 4.69) is 5.10 Å². The molecule has 1 aromatic heterocycles. The molecule has 166 valence electrons. The molecule has 0 atom stereocenters. The van der Waals surface area contributed by atoms with E-state index in [9.17, 15) is 13.2 Å². The van der Waals surface area contributed by atoms with Crippen molar-refractivity contribution in [1.82, 2.24) is 13.7 Å². The Labute approximate surface area is 187 Å². The number of hydrogen-bond donors (Lipinski definition) is 1. The molecule has 0 bridgehead atoms. The van der Waals surface area contributed by atoms with Crippen LogP contribution in [0.2, 0.25) is 0 Å². The number of primary amides is 1. The van der Waals surface area contributed by atoms with Crippen molar-refractivity contribution < 1.29 is 13.2 Å². The zero-order chi connectivity index (χ0) is 22.9. The molecule has 0 aliphatic rings. The molecule has 1 heterocycles. The minimum atomic E-state index is -3.98. The van der Waals surface area contributed by atoms with Crippen molar-refractivity contribution in [2.75, 3.05) is 19.6 Å². The van der Waals surface area contributed by atoms with Crippen LogP contribution in [0.3, 0.4) is 0 Å². The molecule has 0 unspecified atom stereocenters. The summed E-state index contributed by atoms with van der Waals surface area (Å²) in [6.07, 6.45) is 1.79. The average Bonchev–Trinajstić information content (AvgIpc) is 3.25. The fraction of sp³-hybridized carbons (Fsp3) is 0.250. The van der Waals surface area contributed by atoms with E-state index in [0.717, 1.165) is 20.5 Å². The number of carbonyl (C=O) groups excluding carboxylic acids is 1. The molecule has 4 rings (SSSR count). The van der Waals surface area contributed by atoms with Crippen LogP contribution in [0.4, 0.5) is 5.69 Å². The van der Waals surface area contributed by atoms with Crippen molar-refractivity contribution in [2.45, 2.75) is 25.2 Å². The maximum Gasteiger partial charge on any atom is 0.284 e. The molecule has 0 aliphatic heterocycles. The van der Waals surface area contributed by atoms with Gasteiger partial charge in [0, 0.05) is 16.8 Å². The molecule has 4 aromatic rings. The Morgan fingerprint density at radius 1 is 0.969 bits per heavy atom. The third-order valence-corrected chi connectivity index (χ3v) is 7.95. The number of benzene rings is 3. The molecule has 1 amide bonds. The predicted octanol–water partition coefficient (Wildman–Crippen LogP) is 3.65. The smallest absolute Gasteiger partial charge is 0.284 e. The van der Waals surface area contributed by atoms with Crippen LogP contribution in [0.1, 0.15) is 20.3 Å². The van der Waals surface area contributed by atoms with Crippen LogP contribution in [0, 0.1) is 0 Å². The first-order chi connectivity index (χ1) is 15.3. The summed E-state index contributed by atoms with van der Waals surface area (Å²) in [5.41, 5.74) is 6.80. The number of carbonyl (C=O) groups is 1. The summed E-state index contributed by atoms with van der Waals surface area (Å²) in [5.74, 6) is -0.376. The van der Waals surface area contributed by atoms with Gasteiger partial charge in [-0.05, 0) is 25.3 Å². The molecule has 32 heavy (non-hydrogen) atoms. The lowest BCUT2D eigenvalue weighted by Gasteiger charge is -2.36. The Balaban J connectivity index is 1.98. The minimum absolute atomic E-state index is 0.207. The van der Waals surface area contributed by atoms with Crippen LogP contribution in [-0.2, 0) is 14.8 Å². The van der Waals surface area contributed by atoms with Gasteiger partial charge in [0.15, 0.2) is 5.69 Å². The van der Waals surface area contributed by atoms with Gasteiger partial charge < -0.3 is 5.73 Å². The van der Waals surface area contributed by atoms with Crippen molar-refractivity contribution in [1.29, 1.82) is 0 Å². The summed E-state index contributed by atoms with van der Waals surface area (Å²) < 4.78 is 29.3. The Bertz CT molecular complexity index is 1400. The molecule has 7 nitrogen and oxygen atoms in total. The van der Waals surface area contributed by atoms with E-state index < -0.39 is 10.0 Å². The lowest BCUT2D eigenvalue weighted by Crippen LogP contribution is -2.51. The molecule has 3 aromatic carbocycles. The largest absolute Gasteiger partial charge is 0.369 e. The fourth-order valence-electron chi connectivity index (χ4n) is 4.44. The van der Waals surface area contributed by atoms with Gasteiger partial charge >= 0.3 is 0 Å². The van der Waals surface area contributed by atoms with Gasteiger partial charge in [0.25, 0.3) is 10.0 Å². The van der Waals surface area contributed by atoms with Gasteiger partial charge in [-0.1, -0.05) is 48.5 Å². The summed E-state index contributed by atoms with van der Waals surface area (Å²) in [4.78, 5) is 11.8. The summed E-state index contributed by atoms with van der Waals surface area (Å²) in [5, 5.41) is 6.54. The van der Waals surface area contributed by atoms with Crippen molar-refractivity contribution in [2.24, 2.45) is 5.73 Å². The van der Waals surface area contributed by atoms with Crippen LogP contribution < -0.4 is 10.2 Å². The maximum absolute atomic E-state index is 13.9. The van der Waals surface area contributed by atoms with Crippen molar-refractivity contribution >= 4 is 43.3 Å². The van der Waals surface area contributed by atoms with Crippen molar-refractivity contribution in [3.63, 3.8) is 0 Å². The zero-order valence-electron chi connectivity index (χ0n) is 18.2. The SMILES string of the molecule is CC[N+](CC)(CCC(N)=O)c1cccc2cnn(S(=O)(=O)c3cccc4ccccc34)c12. The number of quaternary nitrogens is 1. The molecular weight excluding hydrogens is 424 g/mol. The fourth-order valence-corrected chi connectivity index (χ4v) is 5.95. The number of hydrogen-bond acceptors (Lipinski definition) is 4. The highest BCUT2D eigenvalue weighted by molar-refractivity contribution is 7.90. The van der Waals surface area contributed by atoms with Gasteiger partial charge in [0.05, 0.1) is 37.1 Å². The van der Waals surface area contributed by atoms with E-state index in [1.807, 2.05) is 56.3 Å². The first-order valence-corrected chi connectivity index (χ1v) is 12.1. The van der Waals surface area contributed by atoms with Crippen molar-refractivity contribution in [3.05, 3.63) is 66.9 Å². The van der Waals surface area contributed by atoms with E-state index in [0.29, 0.717) is 35.0 Å². The van der Waals surface area contributed by atoms with E-state index >= 15 is 0 Å². The van der Waals surface area contributed by atoms with Gasteiger partial charge in [-0.3, -0.25) is 9.28 Å². The van der Waals surface area contributed by atoms with Crippen LogP contribution in [0.15, 0.2) is 71.8 Å². The monoisotopic (exact) mass is 451 g/mol. The van der Waals surface area contributed by atoms with E-state index in [-0.39, 0.29) is 17.2 Å². The molecule has 8 heteroatoms. The topological polar surface area (TPSA) is 95.1 Å². The van der Waals surface area contributed by atoms with E-state index in [1.165, 1.54) is 0 Å². The maximum atomic E-state index is 13.9. The number of para-hydroxylation sites is 1. The first-order valence-electron chi connectivity index (χ1n) is 10.7. The standard InChI is InChI=1S/C24H26N4O3S/c1-3-28(4-2,16-15-23(25)29)21-13-7-11-19-17-26-27(24(19)21)32(30,31)22-14-8-10-18-9-5-6-12-20(18)22/h5-14,17H,3-4,15-16H2,1-2H3,(H-,25,29)/p+1. The second kappa shape index (κ2) is 8.37. The number of rotatable bonds is 8. The molecule has 0 aliphatic carbocycles. The summed E-state index contributed by atoms with van der Waals surface area (Å²) >= 11 is 0. The van der Waals surface area contributed by atoms with Crippen LogP contribution in [-0.4, -0.2) is 43.1 Å². The van der Waals surface area contributed by atoms with Crippen LogP contribution in [0.25, 0.3) is 21.7 Å². The zero-order valence-corrected chi connectivity index (χ0v) is 19.0. The van der Waals surface area contributed by atoms with Crippen LogP contribution >= 0.6 is 0 Å². The molecular formula is C24H27N4O3S+. The number of aromatic nitrogens is 2. The highest BCUT2D eigenvalue weighted by Gasteiger charge is 2.33. The van der Waals surface area contributed by atoms with Gasteiger partial charge in [-0.2, -0.15) is 13.5 Å². The summed E-state index contributed by atoms with van der Waals surface area (Å²) in [6.45, 7) is 5.91. The quantitative estimate of drug-likeness (QED) is 0.414. The molecule has 2 N–H and O–H groups in total. The molecule has 0 saturated carbocycles. The highest BCUT2D eigenvalue weighted by Crippen LogP contribution is 2.35. The Hall–Kier alpha value is -3.23. The van der Waals surface area contributed by atoms with Gasteiger partial charge in [0.2, 0.25) is 5.91 Å². The third-order valence-electron chi connectivity index (χ3n) is 6.30. The lowest BCUT2D eigenvalue weighted by molar-refractivity contribution is -0.118. The summed E-state index contributed by atoms with van der Waals surface area (Å²) in [6, 6.07) is 18.3. The summed E-state index contributed by atoms with van der Waals surface area (Å²) in [7, 11) is -3.98. The number of nitrogens with zero attached hydrogens (tertiary/aromatic N) is 3. The normalized spacial score (nSPS) is 12.4. The van der Waals surface area contributed by atoms with Gasteiger partial charge in [-0.15, -0.1) is 4.09 Å². The van der Waals surface area contributed by atoms with Crippen molar-refractivity contribution in [3.8, 4) is 0 Å². The van der Waals surface area contributed by atoms with Gasteiger partial charge in [0.1, 0.15) is 5.52 Å². The lowest BCUT2D eigenvalue weighted by atomic mass is 10.1. The molecule has 0 spiro atoms. The van der Waals surface area contributed by atoms with E-state index in [4.69, 9.17) is 5.73 Å². The Morgan fingerprint density at radius 3 is 2.34 bits per heavy atom. The molecule has 0 saturated heterocycles. The highest BCUT2D eigenvalue weighted by atomic mass is 32.2. The van der Waals surface area contributed by atoms with Gasteiger partial charge in [-0.25, -0.2) is 0 Å². The number of fused-ring (bicyclic) bond motifs is 2. The number of nitrogens with two attached hydrogens (primary N) is 1. The Morgan fingerprint density at radius 2 is 1.62 bits per heavy atom. The molecule has 0 radical (unpaired) electrons. The third kappa shape index (κ3) is 3.55. The van der Waals surface area contributed by atoms with Crippen LogP contribution in [0.5, 0.6) is 0 Å². The molecule has 0 fully saturated rings. The second-order valence-corrected chi connectivity index (χ2v) is 9.64.